The first kappa shape index (κ1) is 13.5. The maximum absolute atomic E-state index is 10.8. The van der Waals surface area contributed by atoms with Gasteiger partial charge in [-0.1, -0.05) is 0 Å². The lowest BCUT2D eigenvalue weighted by Crippen LogP contribution is -2.46. The molecule has 1 rings (SSSR count). The number of nitrogens with two attached hydrogens (primary N) is 1. The van der Waals surface area contributed by atoms with E-state index in [1.165, 1.54) is 11.8 Å². The summed E-state index contributed by atoms with van der Waals surface area (Å²) in [6.45, 7) is 5.69. The number of carbonyl (C=O) groups is 1. The first-order chi connectivity index (χ1) is 7.33. The Labute approximate surface area is 103 Å². The molecule has 0 aromatic carbocycles. The molecule has 0 fully saturated rings. The van der Waals surface area contributed by atoms with Gasteiger partial charge in [-0.25, -0.2) is 4.98 Å². The Morgan fingerprint density at radius 3 is 2.81 bits per heavy atom. The van der Waals surface area contributed by atoms with Gasteiger partial charge in [0.25, 0.3) is 0 Å². The average Bonchev–Trinajstić information content (AvgIpc) is 2.60. The first-order valence-electron chi connectivity index (χ1n) is 4.86. The van der Waals surface area contributed by atoms with Crippen molar-refractivity contribution < 1.29 is 9.90 Å². The normalized spacial score (nSPS) is 13.8. The summed E-state index contributed by atoms with van der Waals surface area (Å²) >= 11 is 3.15. The summed E-state index contributed by atoms with van der Waals surface area (Å²) in [4.78, 5) is 16.2. The highest BCUT2D eigenvalue weighted by Gasteiger charge is 2.32. The van der Waals surface area contributed by atoms with Crippen LogP contribution in [0.25, 0.3) is 0 Å². The number of hydrogen-bond donors (Lipinski definition) is 2. The molecule has 4 nitrogen and oxygen atoms in total. The van der Waals surface area contributed by atoms with Crippen LogP contribution in [-0.2, 0) is 10.5 Å². The van der Waals surface area contributed by atoms with E-state index in [9.17, 15) is 4.79 Å². The zero-order valence-corrected chi connectivity index (χ0v) is 11.2. The predicted octanol–water partition coefficient (Wildman–Crippen LogP) is 1.88. The number of thioether (sulfide) groups is 1. The van der Waals surface area contributed by atoms with Crippen molar-refractivity contribution in [2.45, 2.75) is 37.3 Å². The quantitative estimate of drug-likeness (QED) is 0.845. The fraction of sp³-hybridized carbons (Fsp3) is 0.600. The lowest BCUT2D eigenvalue weighted by Gasteiger charge is -2.27. The molecule has 0 saturated carbocycles. The second-order valence-corrected chi connectivity index (χ2v) is 7.02. The molecular weight excluding hydrogens is 244 g/mol. The van der Waals surface area contributed by atoms with Crippen molar-refractivity contribution in [3.8, 4) is 0 Å². The molecule has 0 saturated heterocycles. The molecular formula is C10H16N2O2S2. The lowest BCUT2D eigenvalue weighted by atomic mass is 10.1. The van der Waals surface area contributed by atoms with Gasteiger partial charge in [-0.3, -0.25) is 4.79 Å². The molecule has 1 atom stereocenters. The summed E-state index contributed by atoms with van der Waals surface area (Å²) in [6, 6.07) is -0.862. The van der Waals surface area contributed by atoms with Crippen molar-refractivity contribution in [2.24, 2.45) is 5.73 Å². The van der Waals surface area contributed by atoms with Crippen molar-refractivity contribution >= 4 is 29.1 Å². The van der Waals surface area contributed by atoms with Crippen LogP contribution in [0.15, 0.2) is 6.20 Å². The van der Waals surface area contributed by atoms with E-state index in [1.54, 1.807) is 11.3 Å². The number of rotatable bonds is 5. The van der Waals surface area contributed by atoms with Crippen LogP contribution in [0.3, 0.4) is 0 Å². The molecule has 6 heteroatoms. The minimum absolute atomic E-state index is 0.495. The number of carboxylic acids is 1. The second kappa shape index (κ2) is 5.16. The van der Waals surface area contributed by atoms with Crippen LogP contribution in [0.2, 0.25) is 0 Å². The molecule has 0 aliphatic heterocycles. The summed E-state index contributed by atoms with van der Waals surface area (Å²) in [7, 11) is 0. The van der Waals surface area contributed by atoms with Crippen LogP contribution in [0, 0.1) is 6.92 Å². The summed E-state index contributed by atoms with van der Waals surface area (Å²) in [5.41, 5.74) is 5.63. The number of thiazole rings is 1. The van der Waals surface area contributed by atoms with E-state index in [-0.39, 0.29) is 0 Å². The highest BCUT2D eigenvalue weighted by molar-refractivity contribution is 8.00. The van der Waals surface area contributed by atoms with E-state index < -0.39 is 16.8 Å². The van der Waals surface area contributed by atoms with E-state index >= 15 is 0 Å². The van der Waals surface area contributed by atoms with E-state index in [4.69, 9.17) is 10.8 Å². The minimum atomic E-state index is -0.965. The third-order valence-electron chi connectivity index (χ3n) is 2.25. The van der Waals surface area contributed by atoms with Gasteiger partial charge >= 0.3 is 5.97 Å². The topological polar surface area (TPSA) is 76.2 Å². The van der Waals surface area contributed by atoms with Crippen molar-refractivity contribution in [2.75, 3.05) is 0 Å². The smallest absolute Gasteiger partial charge is 0.321 e. The van der Waals surface area contributed by atoms with Gasteiger partial charge in [0, 0.05) is 21.6 Å². The number of nitrogens with zero attached hydrogens (tertiary/aromatic N) is 1. The molecule has 0 amide bonds. The fourth-order valence-corrected chi connectivity index (χ4v) is 2.95. The molecule has 1 aromatic heterocycles. The Bertz CT molecular complexity index is 377. The van der Waals surface area contributed by atoms with Gasteiger partial charge in [0.1, 0.15) is 11.0 Å². The highest BCUT2D eigenvalue weighted by atomic mass is 32.2. The van der Waals surface area contributed by atoms with Gasteiger partial charge in [0.2, 0.25) is 0 Å². The molecule has 1 heterocycles. The van der Waals surface area contributed by atoms with E-state index in [0.29, 0.717) is 5.75 Å². The lowest BCUT2D eigenvalue weighted by molar-refractivity contribution is -0.139. The first-order valence-corrected chi connectivity index (χ1v) is 6.67. The van der Waals surface area contributed by atoms with E-state index in [1.807, 2.05) is 27.0 Å². The number of aliphatic carboxylic acids is 1. The maximum atomic E-state index is 10.8. The zero-order chi connectivity index (χ0) is 12.3. The number of aromatic nitrogens is 1. The second-order valence-electron chi connectivity index (χ2n) is 4.07. The van der Waals surface area contributed by atoms with Crippen LogP contribution < -0.4 is 5.73 Å². The van der Waals surface area contributed by atoms with Crippen LogP contribution in [0.4, 0.5) is 0 Å². The minimum Gasteiger partial charge on any atom is -0.480 e. The number of aryl methyl sites for hydroxylation is 1. The highest BCUT2D eigenvalue weighted by Crippen LogP contribution is 2.31. The molecule has 90 valence electrons. The van der Waals surface area contributed by atoms with Gasteiger partial charge in [0.15, 0.2) is 0 Å². The van der Waals surface area contributed by atoms with Gasteiger partial charge in [-0.15, -0.1) is 23.1 Å². The largest absolute Gasteiger partial charge is 0.480 e. The molecule has 3 N–H and O–H groups in total. The Morgan fingerprint density at radius 1 is 1.75 bits per heavy atom. The number of carboxylic acid groups (broad SMARTS) is 1. The van der Waals surface area contributed by atoms with E-state index in [0.717, 1.165) is 9.88 Å². The Kier molecular flexibility index (Phi) is 4.35. The Morgan fingerprint density at radius 2 is 2.38 bits per heavy atom. The van der Waals surface area contributed by atoms with Crippen molar-refractivity contribution in [1.82, 2.24) is 4.98 Å². The summed E-state index contributed by atoms with van der Waals surface area (Å²) < 4.78 is -0.495. The van der Waals surface area contributed by atoms with Gasteiger partial charge in [-0.2, -0.15) is 0 Å². The van der Waals surface area contributed by atoms with Crippen LogP contribution in [0.1, 0.15) is 23.7 Å². The van der Waals surface area contributed by atoms with Crippen LogP contribution in [0.5, 0.6) is 0 Å². The zero-order valence-electron chi connectivity index (χ0n) is 9.56. The third-order valence-corrected chi connectivity index (χ3v) is 4.76. The molecule has 0 radical (unpaired) electrons. The molecule has 0 bridgehead atoms. The van der Waals surface area contributed by atoms with E-state index in [2.05, 4.69) is 4.98 Å². The standard InChI is InChI=1S/C10H16N2O2S2/c1-6-4-12-7(16-6)5-15-10(2,3)8(11)9(13)14/h4,8H,5,11H2,1-3H3,(H,13,14). The van der Waals surface area contributed by atoms with Crippen molar-refractivity contribution in [3.63, 3.8) is 0 Å². The molecule has 16 heavy (non-hydrogen) atoms. The Hall–Kier alpha value is -0.590. The van der Waals surface area contributed by atoms with Crippen LogP contribution >= 0.6 is 23.1 Å². The van der Waals surface area contributed by atoms with Crippen molar-refractivity contribution in [3.05, 3.63) is 16.1 Å². The summed E-state index contributed by atoms with van der Waals surface area (Å²) in [5, 5.41) is 9.88. The Balaban J connectivity index is 2.57. The maximum Gasteiger partial charge on any atom is 0.321 e. The molecule has 0 aliphatic carbocycles. The van der Waals surface area contributed by atoms with Gasteiger partial charge < -0.3 is 10.8 Å². The summed E-state index contributed by atoms with van der Waals surface area (Å²) in [6.07, 6.45) is 1.82. The average molecular weight is 260 g/mol. The van der Waals surface area contributed by atoms with Gasteiger partial charge in [0.05, 0.1) is 0 Å². The molecule has 0 spiro atoms. The summed E-state index contributed by atoms with van der Waals surface area (Å²) in [5.74, 6) is -0.264. The monoisotopic (exact) mass is 260 g/mol. The van der Waals surface area contributed by atoms with Crippen molar-refractivity contribution in [1.29, 1.82) is 0 Å². The fourth-order valence-electron chi connectivity index (χ4n) is 1.10. The molecule has 0 aliphatic rings. The molecule has 1 aromatic rings. The molecule has 1 unspecified atom stereocenters. The number of hydrogen-bond acceptors (Lipinski definition) is 5. The SMILES string of the molecule is Cc1cnc(CSC(C)(C)C(N)C(=O)O)s1. The third kappa shape index (κ3) is 3.47. The predicted molar refractivity (Wildman–Crippen MR) is 67.8 cm³/mol. The van der Waals surface area contributed by atoms with Gasteiger partial charge in [-0.05, 0) is 20.8 Å². The van der Waals surface area contributed by atoms with Crippen LogP contribution in [-0.4, -0.2) is 26.8 Å².